The molecule has 0 bridgehead atoms. The van der Waals surface area contributed by atoms with Crippen molar-refractivity contribution in [1.82, 2.24) is 5.32 Å². The summed E-state index contributed by atoms with van der Waals surface area (Å²) >= 11 is 0. The van der Waals surface area contributed by atoms with Gasteiger partial charge in [-0.1, -0.05) is 18.2 Å². The first-order valence-electron chi connectivity index (χ1n) is 8.01. The number of rotatable bonds is 3. The fourth-order valence-corrected chi connectivity index (χ4v) is 3.43. The summed E-state index contributed by atoms with van der Waals surface area (Å²) < 4.78 is 0. The molecule has 2 N–H and O–H groups in total. The number of para-hydroxylation sites is 1. The predicted octanol–water partition coefficient (Wildman–Crippen LogP) is 2.08. The highest BCUT2D eigenvalue weighted by Gasteiger charge is 2.39. The van der Waals surface area contributed by atoms with Crippen LogP contribution in [0.3, 0.4) is 0 Å². The van der Waals surface area contributed by atoms with Gasteiger partial charge in [-0.3, -0.25) is 4.79 Å². The minimum Gasteiger partial charge on any atom is -0.380 e. The van der Waals surface area contributed by atoms with E-state index in [-0.39, 0.29) is 11.9 Å². The molecule has 4 heteroatoms. The van der Waals surface area contributed by atoms with E-state index in [1.807, 2.05) is 6.07 Å². The molecular formula is C17H24N2O2. The molecule has 0 atom stereocenters. The Morgan fingerprint density at radius 2 is 1.76 bits per heavy atom. The van der Waals surface area contributed by atoms with Crippen LogP contribution >= 0.6 is 0 Å². The van der Waals surface area contributed by atoms with Gasteiger partial charge in [0.2, 0.25) is 0 Å². The number of carbonyl (C=O) groups is 1. The molecule has 0 spiro atoms. The topological polar surface area (TPSA) is 52.6 Å². The number of anilines is 1. The summed E-state index contributed by atoms with van der Waals surface area (Å²) in [5.74, 6) is -0.154. The van der Waals surface area contributed by atoms with Gasteiger partial charge in [0.1, 0.15) is 5.60 Å². The van der Waals surface area contributed by atoms with Crippen LogP contribution in [0.2, 0.25) is 0 Å². The first-order chi connectivity index (χ1) is 10.2. The second-order valence-corrected chi connectivity index (χ2v) is 6.31. The summed E-state index contributed by atoms with van der Waals surface area (Å²) in [6.45, 7) is 1.90. The molecule has 1 saturated heterocycles. The Morgan fingerprint density at radius 1 is 1.14 bits per heavy atom. The van der Waals surface area contributed by atoms with Gasteiger partial charge in [0.15, 0.2) is 0 Å². The smallest absolute Gasteiger partial charge is 0.252 e. The number of hydrogen-bond donors (Lipinski definition) is 2. The zero-order valence-electron chi connectivity index (χ0n) is 12.4. The maximum Gasteiger partial charge on any atom is 0.252 e. The number of aliphatic hydroxyl groups is 1. The van der Waals surface area contributed by atoms with E-state index < -0.39 is 5.60 Å². The van der Waals surface area contributed by atoms with E-state index in [2.05, 4.69) is 34.5 Å². The molecule has 1 amide bonds. The van der Waals surface area contributed by atoms with Gasteiger partial charge in [0.25, 0.3) is 5.91 Å². The van der Waals surface area contributed by atoms with E-state index in [1.54, 1.807) is 0 Å². The summed E-state index contributed by atoms with van der Waals surface area (Å²) in [4.78, 5) is 14.6. The Kier molecular flexibility index (Phi) is 4.15. The van der Waals surface area contributed by atoms with Crippen molar-refractivity contribution in [2.24, 2.45) is 0 Å². The van der Waals surface area contributed by atoms with Gasteiger partial charge in [-0.15, -0.1) is 0 Å². The van der Waals surface area contributed by atoms with Gasteiger partial charge in [-0.25, -0.2) is 0 Å². The van der Waals surface area contributed by atoms with E-state index in [9.17, 15) is 9.90 Å². The SMILES string of the molecule is O=C(NC1CCN(c2ccccc2)CC1)C1(O)CCCC1. The van der Waals surface area contributed by atoms with Crippen molar-refractivity contribution >= 4 is 11.6 Å². The summed E-state index contributed by atoms with van der Waals surface area (Å²) in [6.07, 6.45) is 5.02. The van der Waals surface area contributed by atoms with Gasteiger partial charge < -0.3 is 15.3 Å². The Bertz CT molecular complexity index is 475. The third-order valence-corrected chi connectivity index (χ3v) is 4.80. The fraction of sp³-hybridized carbons (Fsp3) is 0.588. The molecule has 1 aliphatic carbocycles. The van der Waals surface area contributed by atoms with Crippen LogP contribution in [0.15, 0.2) is 30.3 Å². The lowest BCUT2D eigenvalue weighted by Crippen LogP contribution is -2.51. The monoisotopic (exact) mass is 288 g/mol. The van der Waals surface area contributed by atoms with E-state index in [4.69, 9.17) is 0 Å². The molecule has 2 aliphatic rings. The lowest BCUT2D eigenvalue weighted by Gasteiger charge is -2.35. The van der Waals surface area contributed by atoms with Gasteiger partial charge >= 0.3 is 0 Å². The lowest BCUT2D eigenvalue weighted by molar-refractivity contribution is -0.140. The molecule has 1 aromatic rings. The summed E-state index contributed by atoms with van der Waals surface area (Å²) in [5, 5.41) is 13.4. The molecule has 2 fully saturated rings. The number of piperidine rings is 1. The van der Waals surface area contributed by atoms with Gasteiger partial charge in [-0.2, -0.15) is 0 Å². The summed E-state index contributed by atoms with van der Waals surface area (Å²) in [5.41, 5.74) is 0.146. The van der Waals surface area contributed by atoms with Gasteiger partial charge in [-0.05, 0) is 50.7 Å². The van der Waals surface area contributed by atoms with E-state index >= 15 is 0 Å². The summed E-state index contributed by atoms with van der Waals surface area (Å²) in [6, 6.07) is 10.6. The van der Waals surface area contributed by atoms with Crippen molar-refractivity contribution in [3.05, 3.63) is 30.3 Å². The van der Waals surface area contributed by atoms with Crippen LogP contribution in [-0.2, 0) is 4.79 Å². The number of nitrogens with one attached hydrogen (secondary N) is 1. The van der Waals surface area contributed by atoms with Crippen LogP contribution in [-0.4, -0.2) is 35.7 Å². The minimum absolute atomic E-state index is 0.154. The second kappa shape index (κ2) is 6.06. The van der Waals surface area contributed by atoms with Crippen molar-refractivity contribution in [2.75, 3.05) is 18.0 Å². The highest BCUT2D eigenvalue weighted by atomic mass is 16.3. The third kappa shape index (κ3) is 3.21. The maximum absolute atomic E-state index is 12.2. The van der Waals surface area contributed by atoms with Crippen molar-refractivity contribution in [3.8, 4) is 0 Å². The molecular weight excluding hydrogens is 264 g/mol. The molecule has 1 aliphatic heterocycles. The molecule has 4 nitrogen and oxygen atoms in total. The normalized spacial score (nSPS) is 22.2. The Balaban J connectivity index is 1.51. The second-order valence-electron chi connectivity index (χ2n) is 6.31. The largest absolute Gasteiger partial charge is 0.380 e. The van der Waals surface area contributed by atoms with Crippen LogP contribution < -0.4 is 10.2 Å². The average Bonchev–Trinajstić information content (AvgIpc) is 2.97. The van der Waals surface area contributed by atoms with E-state index in [0.717, 1.165) is 38.8 Å². The number of amides is 1. The highest BCUT2D eigenvalue weighted by Crippen LogP contribution is 2.30. The first-order valence-corrected chi connectivity index (χ1v) is 8.01. The molecule has 0 aromatic heterocycles. The van der Waals surface area contributed by atoms with Crippen LogP contribution in [0.1, 0.15) is 38.5 Å². The standard InChI is InChI=1S/C17H24N2O2/c20-16(17(21)10-4-5-11-17)18-14-8-12-19(13-9-14)15-6-2-1-3-7-15/h1-3,6-7,14,21H,4-5,8-13H2,(H,18,20). The van der Waals surface area contributed by atoms with Crippen LogP contribution in [0.5, 0.6) is 0 Å². The molecule has 3 rings (SSSR count). The maximum atomic E-state index is 12.2. The molecule has 1 heterocycles. The van der Waals surface area contributed by atoms with Crippen LogP contribution in [0.4, 0.5) is 5.69 Å². The molecule has 114 valence electrons. The average molecular weight is 288 g/mol. The third-order valence-electron chi connectivity index (χ3n) is 4.80. The molecule has 1 saturated carbocycles. The Labute approximate surface area is 126 Å². The Morgan fingerprint density at radius 3 is 2.38 bits per heavy atom. The molecule has 0 unspecified atom stereocenters. The van der Waals surface area contributed by atoms with Crippen LogP contribution in [0, 0.1) is 0 Å². The predicted molar refractivity (Wildman–Crippen MR) is 83.2 cm³/mol. The lowest BCUT2D eigenvalue weighted by atomic mass is 9.98. The number of nitrogens with zero attached hydrogens (tertiary/aromatic N) is 1. The molecule has 0 radical (unpaired) electrons. The number of hydrogen-bond acceptors (Lipinski definition) is 3. The van der Waals surface area contributed by atoms with E-state index in [0.29, 0.717) is 12.8 Å². The first kappa shape index (κ1) is 14.4. The summed E-state index contributed by atoms with van der Waals surface area (Å²) in [7, 11) is 0. The molecule has 1 aromatic carbocycles. The quantitative estimate of drug-likeness (QED) is 0.895. The van der Waals surface area contributed by atoms with Crippen LogP contribution in [0.25, 0.3) is 0 Å². The van der Waals surface area contributed by atoms with Gasteiger partial charge in [0.05, 0.1) is 0 Å². The molecule has 21 heavy (non-hydrogen) atoms. The zero-order valence-corrected chi connectivity index (χ0v) is 12.4. The van der Waals surface area contributed by atoms with E-state index in [1.165, 1.54) is 5.69 Å². The minimum atomic E-state index is -1.10. The number of benzene rings is 1. The van der Waals surface area contributed by atoms with Crippen molar-refractivity contribution in [2.45, 2.75) is 50.2 Å². The van der Waals surface area contributed by atoms with Crippen molar-refractivity contribution < 1.29 is 9.90 Å². The number of carbonyl (C=O) groups excluding carboxylic acids is 1. The zero-order chi connectivity index (χ0) is 14.7. The highest BCUT2D eigenvalue weighted by molar-refractivity contribution is 5.85. The van der Waals surface area contributed by atoms with Gasteiger partial charge in [0, 0.05) is 24.8 Å². The van der Waals surface area contributed by atoms with Crippen molar-refractivity contribution in [1.29, 1.82) is 0 Å². The van der Waals surface area contributed by atoms with Crippen molar-refractivity contribution in [3.63, 3.8) is 0 Å². The Hall–Kier alpha value is -1.55. The fourth-order valence-electron chi connectivity index (χ4n) is 3.43.